The fourth-order valence-corrected chi connectivity index (χ4v) is 3.08. The fourth-order valence-electron chi connectivity index (χ4n) is 2.70. The molecule has 1 amide bonds. The number of rotatable bonds is 4. The summed E-state index contributed by atoms with van der Waals surface area (Å²) < 4.78 is 0.920. The summed E-state index contributed by atoms with van der Waals surface area (Å²) in [7, 11) is 0. The van der Waals surface area contributed by atoms with Crippen molar-refractivity contribution in [1.29, 1.82) is 0 Å². The van der Waals surface area contributed by atoms with E-state index in [4.69, 9.17) is 0 Å². The molecule has 1 aromatic rings. The zero-order valence-electron chi connectivity index (χ0n) is 11.4. The van der Waals surface area contributed by atoms with E-state index in [2.05, 4.69) is 21.2 Å². The summed E-state index contributed by atoms with van der Waals surface area (Å²) in [5.74, 6) is -1.08. The molecule has 0 spiro atoms. The van der Waals surface area contributed by atoms with Crippen LogP contribution in [0.15, 0.2) is 22.7 Å². The first-order valence-corrected chi connectivity index (χ1v) is 7.52. The average molecular weight is 340 g/mol. The molecule has 0 saturated heterocycles. The number of halogens is 1. The minimum atomic E-state index is -0.869. The predicted molar refractivity (Wildman–Crippen MR) is 80.7 cm³/mol. The molecule has 0 aliphatic heterocycles. The lowest BCUT2D eigenvalue weighted by atomic mass is 9.82. The molecular weight excluding hydrogens is 322 g/mol. The molecule has 0 heterocycles. The largest absolute Gasteiger partial charge is 0.481 e. The first kappa shape index (κ1) is 15.0. The second kappa shape index (κ2) is 5.95. The van der Waals surface area contributed by atoms with Gasteiger partial charge in [0.1, 0.15) is 0 Å². The smallest absolute Gasteiger partial charge is 0.310 e. The Morgan fingerprint density at radius 2 is 2.00 bits per heavy atom. The lowest BCUT2D eigenvalue weighted by Crippen LogP contribution is -2.32. The van der Waals surface area contributed by atoms with Gasteiger partial charge in [0.2, 0.25) is 5.91 Å². The molecule has 108 valence electrons. The summed E-state index contributed by atoms with van der Waals surface area (Å²) in [6, 6.07) is 5.55. The molecule has 1 aliphatic rings. The molecular formula is C15H18BrNO3. The molecule has 1 fully saturated rings. The van der Waals surface area contributed by atoms with Gasteiger partial charge in [-0.25, -0.2) is 0 Å². The maximum atomic E-state index is 12.1. The Morgan fingerprint density at radius 3 is 2.55 bits per heavy atom. The van der Waals surface area contributed by atoms with Crippen molar-refractivity contribution in [1.82, 2.24) is 0 Å². The summed E-state index contributed by atoms with van der Waals surface area (Å²) >= 11 is 3.41. The Kier molecular flexibility index (Phi) is 4.48. The van der Waals surface area contributed by atoms with Crippen molar-refractivity contribution < 1.29 is 14.7 Å². The summed E-state index contributed by atoms with van der Waals surface area (Å²) in [4.78, 5) is 23.5. The molecule has 1 saturated carbocycles. The summed E-state index contributed by atoms with van der Waals surface area (Å²) in [6.45, 7) is 1.97. The molecule has 0 bridgehead atoms. The lowest BCUT2D eigenvalue weighted by Gasteiger charge is -2.22. The minimum Gasteiger partial charge on any atom is -0.481 e. The predicted octanol–water partition coefficient (Wildman–Crippen LogP) is 3.73. The van der Waals surface area contributed by atoms with E-state index in [0.717, 1.165) is 22.9 Å². The Morgan fingerprint density at radius 1 is 1.35 bits per heavy atom. The topological polar surface area (TPSA) is 66.4 Å². The van der Waals surface area contributed by atoms with Crippen LogP contribution < -0.4 is 5.32 Å². The zero-order valence-corrected chi connectivity index (χ0v) is 13.0. The van der Waals surface area contributed by atoms with Crippen molar-refractivity contribution in [3.05, 3.63) is 28.2 Å². The van der Waals surface area contributed by atoms with Crippen molar-refractivity contribution in [3.8, 4) is 0 Å². The van der Waals surface area contributed by atoms with E-state index in [1.54, 1.807) is 0 Å². The Balaban J connectivity index is 2.04. The molecule has 20 heavy (non-hydrogen) atoms. The molecule has 0 aromatic heterocycles. The van der Waals surface area contributed by atoms with Crippen LogP contribution in [0.25, 0.3) is 0 Å². The van der Waals surface area contributed by atoms with Crippen molar-refractivity contribution in [2.45, 2.75) is 39.0 Å². The Hall–Kier alpha value is -1.36. The molecule has 2 N–H and O–H groups in total. The minimum absolute atomic E-state index is 0.0494. The third-order valence-electron chi connectivity index (χ3n) is 3.97. The Labute approximate surface area is 126 Å². The van der Waals surface area contributed by atoms with Gasteiger partial charge in [0.25, 0.3) is 0 Å². The van der Waals surface area contributed by atoms with Gasteiger partial charge in [-0.2, -0.15) is 0 Å². The van der Waals surface area contributed by atoms with Gasteiger partial charge in [0.05, 0.1) is 5.41 Å². The van der Waals surface area contributed by atoms with Gasteiger partial charge in [-0.05, 0) is 37.5 Å². The van der Waals surface area contributed by atoms with E-state index in [0.29, 0.717) is 18.5 Å². The van der Waals surface area contributed by atoms with E-state index >= 15 is 0 Å². The van der Waals surface area contributed by atoms with Gasteiger partial charge in [-0.1, -0.05) is 34.8 Å². The van der Waals surface area contributed by atoms with Crippen LogP contribution in [0.2, 0.25) is 0 Å². The SMILES string of the molecule is Cc1ccc(NC(=O)CC2(C(=O)O)CCCC2)cc1Br. The van der Waals surface area contributed by atoms with E-state index in [1.807, 2.05) is 25.1 Å². The normalized spacial score (nSPS) is 16.9. The van der Waals surface area contributed by atoms with E-state index in [-0.39, 0.29) is 12.3 Å². The lowest BCUT2D eigenvalue weighted by molar-refractivity contribution is -0.150. The van der Waals surface area contributed by atoms with Gasteiger partial charge in [0.15, 0.2) is 0 Å². The third kappa shape index (κ3) is 3.20. The third-order valence-corrected chi connectivity index (χ3v) is 4.82. The van der Waals surface area contributed by atoms with Crippen LogP contribution in [0.1, 0.15) is 37.7 Å². The number of hydrogen-bond acceptors (Lipinski definition) is 2. The van der Waals surface area contributed by atoms with Crippen LogP contribution in [-0.2, 0) is 9.59 Å². The molecule has 0 radical (unpaired) electrons. The van der Waals surface area contributed by atoms with Crippen LogP contribution in [0.3, 0.4) is 0 Å². The maximum absolute atomic E-state index is 12.1. The number of carboxylic acid groups (broad SMARTS) is 1. The van der Waals surface area contributed by atoms with Crippen LogP contribution in [0.4, 0.5) is 5.69 Å². The molecule has 2 rings (SSSR count). The highest BCUT2D eigenvalue weighted by molar-refractivity contribution is 9.10. The second-order valence-corrected chi connectivity index (χ2v) is 6.34. The van der Waals surface area contributed by atoms with Gasteiger partial charge >= 0.3 is 5.97 Å². The van der Waals surface area contributed by atoms with E-state index < -0.39 is 11.4 Å². The van der Waals surface area contributed by atoms with Crippen LogP contribution >= 0.6 is 15.9 Å². The summed E-state index contributed by atoms with van der Waals surface area (Å²) in [5, 5.41) is 12.2. The molecule has 0 atom stereocenters. The number of hydrogen-bond donors (Lipinski definition) is 2. The number of carbonyl (C=O) groups is 2. The van der Waals surface area contributed by atoms with Crippen molar-refractivity contribution >= 4 is 33.5 Å². The average Bonchev–Trinajstić information content (AvgIpc) is 2.83. The quantitative estimate of drug-likeness (QED) is 0.878. The Bertz CT molecular complexity index is 536. The van der Waals surface area contributed by atoms with Gasteiger partial charge in [-0.3, -0.25) is 9.59 Å². The van der Waals surface area contributed by atoms with E-state index in [1.165, 1.54) is 0 Å². The first-order chi connectivity index (χ1) is 9.43. The van der Waals surface area contributed by atoms with Crippen molar-refractivity contribution in [2.24, 2.45) is 5.41 Å². The number of amides is 1. The summed E-state index contributed by atoms with van der Waals surface area (Å²) in [6.07, 6.45) is 3.00. The van der Waals surface area contributed by atoms with Gasteiger partial charge in [0, 0.05) is 16.6 Å². The zero-order chi connectivity index (χ0) is 14.8. The standard InChI is InChI=1S/C15H18BrNO3/c1-10-4-5-11(8-12(10)16)17-13(18)9-15(14(19)20)6-2-3-7-15/h4-5,8H,2-3,6-7,9H2,1H3,(H,17,18)(H,19,20). The molecule has 4 nitrogen and oxygen atoms in total. The molecule has 1 aliphatic carbocycles. The number of carboxylic acids is 1. The molecule has 5 heteroatoms. The number of benzene rings is 1. The van der Waals surface area contributed by atoms with Crippen molar-refractivity contribution in [3.63, 3.8) is 0 Å². The van der Waals surface area contributed by atoms with Crippen LogP contribution in [-0.4, -0.2) is 17.0 Å². The highest BCUT2D eigenvalue weighted by atomic mass is 79.9. The van der Waals surface area contributed by atoms with Crippen LogP contribution in [0, 0.1) is 12.3 Å². The maximum Gasteiger partial charge on any atom is 0.310 e. The van der Waals surface area contributed by atoms with Crippen molar-refractivity contribution in [2.75, 3.05) is 5.32 Å². The molecule has 0 unspecified atom stereocenters. The number of aryl methyl sites for hydroxylation is 1. The van der Waals surface area contributed by atoms with E-state index in [9.17, 15) is 14.7 Å². The summed E-state index contributed by atoms with van der Waals surface area (Å²) in [5.41, 5.74) is 0.901. The molecule has 1 aromatic carbocycles. The second-order valence-electron chi connectivity index (χ2n) is 5.48. The fraction of sp³-hybridized carbons (Fsp3) is 0.467. The first-order valence-electron chi connectivity index (χ1n) is 6.72. The van der Waals surface area contributed by atoms with Crippen LogP contribution in [0.5, 0.6) is 0 Å². The monoisotopic (exact) mass is 339 g/mol. The highest BCUT2D eigenvalue weighted by Gasteiger charge is 2.42. The number of anilines is 1. The number of carbonyl (C=O) groups excluding carboxylic acids is 1. The van der Waals surface area contributed by atoms with Gasteiger partial charge < -0.3 is 10.4 Å². The number of aliphatic carboxylic acids is 1. The highest BCUT2D eigenvalue weighted by Crippen LogP contribution is 2.41. The van der Waals surface area contributed by atoms with Gasteiger partial charge in [-0.15, -0.1) is 0 Å². The number of nitrogens with one attached hydrogen (secondary N) is 1.